The summed E-state index contributed by atoms with van der Waals surface area (Å²) in [6.45, 7) is 4.20. The van der Waals surface area contributed by atoms with Crippen molar-refractivity contribution in [2.24, 2.45) is 11.7 Å². The maximum Gasteiger partial charge on any atom is 0.258 e. The Morgan fingerprint density at radius 1 is 1.04 bits per heavy atom. The van der Waals surface area contributed by atoms with Gasteiger partial charge in [-0.25, -0.2) is 0 Å². The zero-order valence-electron chi connectivity index (χ0n) is 15.3. The third-order valence-electron chi connectivity index (χ3n) is 3.92. The summed E-state index contributed by atoms with van der Waals surface area (Å²) in [4.78, 5) is 23.2. The Morgan fingerprint density at radius 3 is 2.27 bits per heavy atom. The highest BCUT2D eigenvalue weighted by molar-refractivity contribution is 5.78. The van der Waals surface area contributed by atoms with Crippen LogP contribution in [-0.2, 0) is 16.0 Å². The van der Waals surface area contributed by atoms with Crippen molar-refractivity contribution >= 4 is 11.8 Å². The lowest BCUT2D eigenvalue weighted by atomic mass is 9.97. The van der Waals surface area contributed by atoms with Crippen molar-refractivity contribution in [3.05, 3.63) is 65.7 Å². The molecule has 0 unspecified atom stereocenters. The summed E-state index contributed by atoms with van der Waals surface area (Å²) in [7, 11) is 0. The fraction of sp³-hybridized carbons (Fsp3) is 0.333. The summed E-state index contributed by atoms with van der Waals surface area (Å²) in [5, 5.41) is 3.05. The molecular weight excluding hydrogens is 328 g/mol. The predicted octanol–water partition coefficient (Wildman–Crippen LogP) is 3.00. The van der Waals surface area contributed by atoms with Gasteiger partial charge in [-0.1, -0.05) is 56.3 Å². The van der Waals surface area contributed by atoms with Crippen molar-refractivity contribution in [2.45, 2.75) is 32.7 Å². The van der Waals surface area contributed by atoms with Gasteiger partial charge in [-0.3, -0.25) is 9.59 Å². The summed E-state index contributed by atoms with van der Waals surface area (Å²) in [5.74, 6) is 0.489. The Morgan fingerprint density at radius 2 is 1.69 bits per heavy atom. The number of hydrogen-bond donors (Lipinski definition) is 2. The van der Waals surface area contributed by atoms with Gasteiger partial charge in [-0.05, 0) is 35.6 Å². The number of carbonyl (C=O) groups is 2. The number of nitrogens with two attached hydrogens (primary N) is 1. The molecule has 0 bridgehead atoms. The minimum atomic E-state index is -0.379. The summed E-state index contributed by atoms with van der Waals surface area (Å²) < 4.78 is 5.54. The molecule has 5 nitrogen and oxygen atoms in total. The molecule has 0 spiro atoms. The molecule has 1 atom stereocenters. The van der Waals surface area contributed by atoms with E-state index in [4.69, 9.17) is 10.5 Å². The van der Waals surface area contributed by atoms with Gasteiger partial charge in [0.25, 0.3) is 5.91 Å². The minimum absolute atomic E-state index is 0.0368. The molecular formula is C21H26N2O3. The Balaban J connectivity index is 1.90. The third-order valence-corrected chi connectivity index (χ3v) is 3.92. The zero-order chi connectivity index (χ0) is 18.9. The van der Waals surface area contributed by atoms with Gasteiger partial charge in [0.15, 0.2) is 6.61 Å². The average Bonchev–Trinajstić information content (AvgIpc) is 2.60. The lowest BCUT2D eigenvalue weighted by molar-refractivity contribution is -0.124. The highest BCUT2D eigenvalue weighted by atomic mass is 16.5. The quantitative estimate of drug-likeness (QED) is 0.726. The Hall–Kier alpha value is -2.82. The van der Waals surface area contributed by atoms with E-state index in [2.05, 4.69) is 19.2 Å². The molecule has 0 saturated heterocycles. The predicted molar refractivity (Wildman–Crippen MR) is 102 cm³/mol. The van der Waals surface area contributed by atoms with Crippen molar-refractivity contribution < 1.29 is 14.3 Å². The largest absolute Gasteiger partial charge is 0.484 e. The van der Waals surface area contributed by atoms with Crippen LogP contribution in [0.4, 0.5) is 0 Å². The first-order valence-corrected chi connectivity index (χ1v) is 8.78. The molecule has 2 aromatic rings. The van der Waals surface area contributed by atoms with E-state index in [9.17, 15) is 9.59 Å². The summed E-state index contributed by atoms with van der Waals surface area (Å²) >= 11 is 0. The first-order valence-electron chi connectivity index (χ1n) is 8.78. The summed E-state index contributed by atoms with van der Waals surface area (Å²) in [5.41, 5.74) is 7.07. The molecule has 0 heterocycles. The lowest BCUT2D eigenvalue weighted by Gasteiger charge is -2.21. The van der Waals surface area contributed by atoms with Crippen molar-refractivity contribution in [1.82, 2.24) is 5.32 Å². The first kappa shape index (κ1) is 19.5. The van der Waals surface area contributed by atoms with Gasteiger partial charge >= 0.3 is 0 Å². The van der Waals surface area contributed by atoms with Crippen LogP contribution in [0.5, 0.6) is 5.75 Å². The molecule has 0 aliphatic carbocycles. The minimum Gasteiger partial charge on any atom is -0.484 e. The van der Waals surface area contributed by atoms with Gasteiger partial charge in [-0.15, -0.1) is 0 Å². The van der Waals surface area contributed by atoms with Gasteiger partial charge in [0.2, 0.25) is 5.91 Å². The fourth-order valence-electron chi connectivity index (χ4n) is 2.72. The zero-order valence-corrected chi connectivity index (χ0v) is 15.3. The second kappa shape index (κ2) is 9.61. The van der Waals surface area contributed by atoms with Crippen molar-refractivity contribution in [3.63, 3.8) is 0 Å². The molecule has 138 valence electrons. The van der Waals surface area contributed by atoms with Gasteiger partial charge in [-0.2, -0.15) is 0 Å². The second-order valence-electron chi connectivity index (χ2n) is 6.74. The highest BCUT2D eigenvalue weighted by Crippen LogP contribution is 2.21. The molecule has 0 fully saturated rings. The van der Waals surface area contributed by atoms with Gasteiger partial charge in [0.1, 0.15) is 5.75 Å². The molecule has 0 aromatic heterocycles. The summed E-state index contributed by atoms with van der Waals surface area (Å²) in [6.07, 6.45) is 1.05. The fourth-order valence-corrected chi connectivity index (χ4v) is 2.72. The number of amides is 2. The van der Waals surface area contributed by atoms with E-state index in [1.54, 1.807) is 24.3 Å². The lowest BCUT2D eigenvalue weighted by Crippen LogP contribution is -2.33. The maximum atomic E-state index is 12.3. The molecule has 26 heavy (non-hydrogen) atoms. The molecule has 0 saturated carbocycles. The van der Waals surface area contributed by atoms with Crippen molar-refractivity contribution in [3.8, 4) is 5.75 Å². The van der Waals surface area contributed by atoms with Crippen LogP contribution in [-0.4, -0.2) is 18.4 Å². The molecule has 5 heteroatoms. The Labute approximate surface area is 154 Å². The molecule has 2 rings (SSSR count). The number of primary amides is 1. The normalized spacial score (nSPS) is 11.8. The van der Waals surface area contributed by atoms with E-state index >= 15 is 0 Å². The number of carbonyl (C=O) groups excluding carboxylic acids is 2. The average molecular weight is 354 g/mol. The number of nitrogens with one attached hydrogen (secondary N) is 1. The second-order valence-corrected chi connectivity index (χ2v) is 6.74. The van der Waals surface area contributed by atoms with Crippen LogP contribution in [0.2, 0.25) is 0 Å². The molecule has 2 amide bonds. The molecule has 0 aliphatic rings. The van der Waals surface area contributed by atoms with Gasteiger partial charge < -0.3 is 15.8 Å². The number of rotatable bonds is 9. The van der Waals surface area contributed by atoms with Gasteiger partial charge in [0, 0.05) is 0 Å². The number of ether oxygens (including phenoxy) is 1. The van der Waals surface area contributed by atoms with E-state index in [1.807, 2.05) is 30.3 Å². The van der Waals surface area contributed by atoms with E-state index in [0.29, 0.717) is 11.7 Å². The van der Waals surface area contributed by atoms with E-state index < -0.39 is 0 Å². The van der Waals surface area contributed by atoms with Crippen molar-refractivity contribution in [2.75, 3.05) is 6.61 Å². The first-order chi connectivity index (χ1) is 12.4. The van der Waals surface area contributed by atoms with Gasteiger partial charge in [0.05, 0.1) is 12.5 Å². The number of hydrogen-bond acceptors (Lipinski definition) is 3. The Kier molecular flexibility index (Phi) is 7.21. The highest BCUT2D eigenvalue weighted by Gasteiger charge is 2.16. The number of benzene rings is 2. The molecule has 2 aromatic carbocycles. The Bertz CT molecular complexity index is 712. The summed E-state index contributed by atoms with van der Waals surface area (Å²) in [6, 6.07) is 16.9. The third kappa shape index (κ3) is 6.59. The van der Waals surface area contributed by atoms with Crippen LogP contribution < -0.4 is 15.8 Å². The van der Waals surface area contributed by atoms with Crippen LogP contribution >= 0.6 is 0 Å². The van der Waals surface area contributed by atoms with Crippen LogP contribution in [0, 0.1) is 5.92 Å². The topological polar surface area (TPSA) is 81.4 Å². The van der Waals surface area contributed by atoms with Crippen LogP contribution in [0.1, 0.15) is 37.4 Å². The maximum absolute atomic E-state index is 12.3. The molecule has 0 aliphatic heterocycles. The molecule has 3 N–H and O–H groups in total. The SMILES string of the molecule is CC(C)C[C@@H](NC(=O)COc1ccc(CC(N)=O)cc1)c1ccccc1. The van der Waals surface area contributed by atoms with E-state index in [1.165, 1.54) is 0 Å². The van der Waals surface area contributed by atoms with Crippen LogP contribution in [0.15, 0.2) is 54.6 Å². The monoisotopic (exact) mass is 354 g/mol. The standard InChI is InChI=1S/C21H26N2O3/c1-15(2)12-19(17-6-4-3-5-7-17)23-21(25)14-26-18-10-8-16(9-11-18)13-20(22)24/h3-11,15,19H,12-14H2,1-2H3,(H2,22,24)(H,23,25)/t19-/m1/s1. The van der Waals surface area contributed by atoms with E-state index in [0.717, 1.165) is 17.5 Å². The van der Waals surface area contributed by atoms with E-state index in [-0.39, 0.29) is 30.9 Å². The van der Waals surface area contributed by atoms with Crippen LogP contribution in [0.25, 0.3) is 0 Å². The molecule has 0 radical (unpaired) electrons. The van der Waals surface area contributed by atoms with Crippen LogP contribution in [0.3, 0.4) is 0 Å². The smallest absolute Gasteiger partial charge is 0.258 e. The van der Waals surface area contributed by atoms with Crippen molar-refractivity contribution in [1.29, 1.82) is 0 Å².